The van der Waals surface area contributed by atoms with Crippen LogP contribution in [0.2, 0.25) is 5.15 Å². The van der Waals surface area contributed by atoms with Crippen LogP contribution in [0, 0.1) is 0 Å². The van der Waals surface area contributed by atoms with Crippen molar-refractivity contribution >= 4 is 22.9 Å². The van der Waals surface area contributed by atoms with Crippen molar-refractivity contribution in [2.45, 2.75) is 13.2 Å². The van der Waals surface area contributed by atoms with Crippen LogP contribution in [0.25, 0.3) is 0 Å². The average Bonchev–Trinajstić information content (AvgIpc) is 2.71. The Morgan fingerprint density at radius 1 is 1.20 bits per heavy atom. The number of hydrogen-bond donors (Lipinski definition) is 0. The van der Waals surface area contributed by atoms with Crippen molar-refractivity contribution in [2.24, 2.45) is 0 Å². The summed E-state index contributed by atoms with van der Waals surface area (Å²) in [6, 6.07) is 9.60. The topological polar surface area (TPSA) is 22.1 Å². The molecule has 4 heteroatoms. The van der Waals surface area contributed by atoms with Crippen molar-refractivity contribution in [1.82, 2.24) is 4.98 Å². The molecule has 0 saturated heterocycles. The van der Waals surface area contributed by atoms with Gasteiger partial charge in [-0.25, -0.2) is 4.98 Å². The Bertz CT molecular complexity index is 416. The maximum Gasteiger partial charge on any atom is 0.129 e. The van der Waals surface area contributed by atoms with E-state index in [2.05, 4.69) is 11.1 Å². The normalized spacial score (nSPS) is 10.5. The zero-order valence-corrected chi connectivity index (χ0v) is 9.59. The van der Waals surface area contributed by atoms with Crippen LogP contribution in [0.3, 0.4) is 0 Å². The van der Waals surface area contributed by atoms with Gasteiger partial charge in [-0.15, -0.1) is 11.3 Å². The number of nitrogens with zero attached hydrogens (tertiary/aromatic N) is 1. The van der Waals surface area contributed by atoms with Crippen molar-refractivity contribution in [3.63, 3.8) is 0 Å². The minimum atomic E-state index is 0.498. The summed E-state index contributed by atoms with van der Waals surface area (Å²) >= 11 is 7.45. The first-order chi connectivity index (χ1) is 7.34. The lowest BCUT2D eigenvalue weighted by Crippen LogP contribution is -1.95. The smallest absolute Gasteiger partial charge is 0.129 e. The van der Waals surface area contributed by atoms with Crippen LogP contribution < -0.4 is 0 Å². The molecule has 0 unspecified atom stereocenters. The van der Waals surface area contributed by atoms with Gasteiger partial charge in [0.25, 0.3) is 0 Å². The van der Waals surface area contributed by atoms with Gasteiger partial charge in [0.05, 0.1) is 18.9 Å². The standard InChI is InChI=1S/C11H10ClNOS/c12-11-5-1-3-9(13-11)7-14-8-10-4-2-6-15-10/h1-6H,7-8H2. The highest BCUT2D eigenvalue weighted by atomic mass is 35.5. The van der Waals surface area contributed by atoms with Gasteiger partial charge in [0.2, 0.25) is 0 Å². The number of ether oxygens (including phenoxy) is 1. The lowest BCUT2D eigenvalue weighted by Gasteiger charge is -2.02. The van der Waals surface area contributed by atoms with E-state index >= 15 is 0 Å². The highest BCUT2D eigenvalue weighted by molar-refractivity contribution is 7.09. The van der Waals surface area contributed by atoms with Gasteiger partial charge in [-0.2, -0.15) is 0 Å². The first-order valence-electron chi connectivity index (χ1n) is 4.56. The number of hydrogen-bond acceptors (Lipinski definition) is 3. The summed E-state index contributed by atoms with van der Waals surface area (Å²) in [5, 5.41) is 2.54. The lowest BCUT2D eigenvalue weighted by molar-refractivity contribution is 0.106. The molecule has 0 bridgehead atoms. The largest absolute Gasteiger partial charge is 0.370 e. The average molecular weight is 240 g/mol. The van der Waals surface area contributed by atoms with Gasteiger partial charge in [-0.1, -0.05) is 23.7 Å². The molecule has 0 amide bonds. The summed E-state index contributed by atoms with van der Waals surface area (Å²) in [6.07, 6.45) is 0. The molecule has 0 aliphatic heterocycles. The predicted octanol–water partition coefficient (Wildman–Crippen LogP) is 3.51. The van der Waals surface area contributed by atoms with E-state index in [1.54, 1.807) is 17.4 Å². The van der Waals surface area contributed by atoms with E-state index in [0.717, 1.165) is 5.69 Å². The van der Waals surface area contributed by atoms with Crippen molar-refractivity contribution in [3.8, 4) is 0 Å². The van der Waals surface area contributed by atoms with Crippen LogP contribution in [-0.4, -0.2) is 4.98 Å². The summed E-state index contributed by atoms with van der Waals surface area (Å²) in [4.78, 5) is 5.36. The Labute approximate surface area is 97.5 Å². The number of aromatic nitrogens is 1. The van der Waals surface area contributed by atoms with Crippen LogP contribution in [0.4, 0.5) is 0 Å². The zero-order chi connectivity index (χ0) is 10.5. The van der Waals surface area contributed by atoms with Crippen LogP contribution in [0.15, 0.2) is 35.7 Å². The maximum atomic E-state index is 5.76. The zero-order valence-electron chi connectivity index (χ0n) is 8.02. The minimum absolute atomic E-state index is 0.498. The molecule has 0 spiro atoms. The number of rotatable bonds is 4. The molecule has 2 nitrogen and oxygen atoms in total. The molecular weight excluding hydrogens is 230 g/mol. The van der Waals surface area contributed by atoms with Gasteiger partial charge < -0.3 is 4.74 Å². The van der Waals surface area contributed by atoms with E-state index in [1.807, 2.05) is 23.6 Å². The summed E-state index contributed by atoms with van der Waals surface area (Å²) < 4.78 is 5.51. The number of pyridine rings is 1. The highest BCUT2D eigenvalue weighted by Gasteiger charge is 1.97. The molecule has 2 rings (SSSR count). The van der Waals surface area contributed by atoms with E-state index in [0.29, 0.717) is 18.4 Å². The third-order valence-electron chi connectivity index (χ3n) is 1.85. The maximum absolute atomic E-state index is 5.76. The van der Waals surface area contributed by atoms with Crippen molar-refractivity contribution < 1.29 is 4.74 Å². The Kier molecular flexibility index (Phi) is 3.72. The summed E-state index contributed by atoms with van der Waals surface area (Å²) in [5.41, 5.74) is 0.860. The van der Waals surface area contributed by atoms with E-state index in [9.17, 15) is 0 Å². The van der Waals surface area contributed by atoms with Gasteiger partial charge >= 0.3 is 0 Å². The number of thiophene rings is 1. The second-order valence-corrected chi connectivity index (χ2v) is 4.44. The molecule has 0 aliphatic rings. The van der Waals surface area contributed by atoms with Gasteiger partial charge in [-0.05, 0) is 23.6 Å². The summed E-state index contributed by atoms with van der Waals surface area (Å²) in [6.45, 7) is 1.13. The Balaban J connectivity index is 1.83. The highest BCUT2D eigenvalue weighted by Crippen LogP contribution is 2.11. The van der Waals surface area contributed by atoms with Crippen LogP contribution in [0.5, 0.6) is 0 Å². The molecule has 0 N–H and O–H groups in total. The fraction of sp³-hybridized carbons (Fsp3) is 0.182. The van der Waals surface area contributed by atoms with E-state index in [4.69, 9.17) is 16.3 Å². The third kappa shape index (κ3) is 3.30. The first-order valence-corrected chi connectivity index (χ1v) is 5.82. The van der Waals surface area contributed by atoms with Gasteiger partial charge in [0.15, 0.2) is 0 Å². The second kappa shape index (κ2) is 5.26. The fourth-order valence-corrected chi connectivity index (χ4v) is 2.00. The molecule has 0 fully saturated rings. The van der Waals surface area contributed by atoms with Gasteiger partial charge in [-0.3, -0.25) is 0 Å². The van der Waals surface area contributed by atoms with Crippen molar-refractivity contribution in [2.75, 3.05) is 0 Å². The van der Waals surface area contributed by atoms with Crippen LogP contribution in [-0.2, 0) is 18.0 Å². The lowest BCUT2D eigenvalue weighted by atomic mass is 10.4. The molecule has 0 aromatic carbocycles. The first kappa shape index (κ1) is 10.6. The summed E-state index contributed by atoms with van der Waals surface area (Å²) in [7, 11) is 0. The molecule has 0 radical (unpaired) electrons. The molecule has 0 atom stereocenters. The predicted molar refractivity (Wildman–Crippen MR) is 62.1 cm³/mol. The second-order valence-electron chi connectivity index (χ2n) is 3.02. The van der Waals surface area contributed by atoms with Crippen LogP contribution >= 0.6 is 22.9 Å². The van der Waals surface area contributed by atoms with Crippen molar-refractivity contribution in [3.05, 3.63) is 51.4 Å². The summed E-state index contributed by atoms with van der Waals surface area (Å²) in [5.74, 6) is 0. The molecule has 2 aromatic heterocycles. The minimum Gasteiger partial charge on any atom is -0.370 e. The van der Waals surface area contributed by atoms with Gasteiger partial charge in [0.1, 0.15) is 5.15 Å². The Morgan fingerprint density at radius 2 is 2.13 bits per heavy atom. The Morgan fingerprint density at radius 3 is 2.87 bits per heavy atom. The van der Waals surface area contributed by atoms with E-state index in [1.165, 1.54) is 4.88 Å². The van der Waals surface area contributed by atoms with E-state index < -0.39 is 0 Å². The molecule has 78 valence electrons. The van der Waals surface area contributed by atoms with Gasteiger partial charge in [0, 0.05) is 4.88 Å². The number of halogens is 1. The van der Waals surface area contributed by atoms with Crippen LogP contribution in [0.1, 0.15) is 10.6 Å². The Hall–Kier alpha value is -0.900. The molecular formula is C11H10ClNOS. The third-order valence-corrected chi connectivity index (χ3v) is 2.91. The quantitative estimate of drug-likeness (QED) is 0.762. The molecule has 0 saturated carbocycles. The molecule has 15 heavy (non-hydrogen) atoms. The monoisotopic (exact) mass is 239 g/mol. The van der Waals surface area contributed by atoms with Crippen molar-refractivity contribution in [1.29, 1.82) is 0 Å². The van der Waals surface area contributed by atoms with E-state index in [-0.39, 0.29) is 0 Å². The SMILES string of the molecule is Clc1cccc(COCc2cccs2)n1. The molecule has 2 aromatic rings. The molecule has 0 aliphatic carbocycles. The molecule has 2 heterocycles. The fourth-order valence-electron chi connectivity index (χ4n) is 1.18.